The van der Waals surface area contributed by atoms with E-state index in [2.05, 4.69) is 13.8 Å². The van der Waals surface area contributed by atoms with Crippen molar-refractivity contribution >= 4 is 18.3 Å². The third-order valence-corrected chi connectivity index (χ3v) is 3.48. The monoisotopic (exact) mass is 248 g/mol. The standard InChI is InChI=1S/C12H24N2O.ClH/c1-8(2)10-5-6-14(7-10)12(15)11(13)9(3)4;/h8-11H,5-7,13H2,1-4H3;1H. The van der Waals surface area contributed by atoms with Crippen molar-refractivity contribution in [1.82, 2.24) is 4.90 Å². The van der Waals surface area contributed by atoms with E-state index in [4.69, 9.17) is 5.73 Å². The average molecular weight is 249 g/mol. The van der Waals surface area contributed by atoms with Crippen LogP contribution in [0.4, 0.5) is 0 Å². The lowest BCUT2D eigenvalue weighted by Crippen LogP contribution is -2.45. The van der Waals surface area contributed by atoms with Crippen LogP contribution in [-0.2, 0) is 4.79 Å². The van der Waals surface area contributed by atoms with Gasteiger partial charge in [0.1, 0.15) is 0 Å². The van der Waals surface area contributed by atoms with E-state index in [1.54, 1.807) is 0 Å². The molecule has 16 heavy (non-hydrogen) atoms. The normalized spacial score (nSPS) is 22.4. The molecular formula is C12H25ClN2O. The lowest BCUT2D eigenvalue weighted by atomic mass is 9.95. The molecule has 0 aliphatic carbocycles. The van der Waals surface area contributed by atoms with Crippen molar-refractivity contribution in [2.45, 2.75) is 40.2 Å². The number of nitrogens with zero attached hydrogens (tertiary/aromatic N) is 1. The highest BCUT2D eigenvalue weighted by molar-refractivity contribution is 5.85. The van der Waals surface area contributed by atoms with E-state index in [0.717, 1.165) is 19.5 Å². The van der Waals surface area contributed by atoms with Crippen molar-refractivity contribution < 1.29 is 4.79 Å². The molecule has 0 saturated carbocycles. The Morgan fingerprint density at radius 2 is 1.88 bits per heavy atom. The second kappa shape index (κ2) is 6.45. The Hall–Kier alpha value is -0.280. The van der Waals surface area contributed by atoms with Gasteiger partial charge in [0.15, 0.2) is 0 Å². The Kier molecular flexibility index (Phi) is 6.34. The number of carbonyl (C=O) groups excluding carboxylic acids is 1. The Morgan fingerprint density at radius 3 is 2.25 bits per heavy atom. The van der Waals surface area contributed by atoms with Crippen LogP contribution in [0, 0.1) is 17.8 Å². The fraction of sp³-hybridized carbons (Fsp3) is 0.917. The van der Waals surface area contributed by atoms with Crippen LogP contribution < -0.4 is 5.73 Å². The van der Waals surface area contributed by atoms with E-state index in [1.807, 2.05) is 18.7 Å². The van der Waals surface area contributed by atoms with Crippen molar-refractivity contribution in [3.63, 3.8) is 0 Å². The molecule has 2 atom stereocenters. The summed E-state index contributed by atoms with van der Waals surface area (Å²) in [7, 11) is 0. The molecule has 1 rings (SSSR count). The zero-order valence-electron chi connectivity index (χ0n) is 10.8. The molecule has 1 amide bonds. The van der Waals surface area contributed by atoms with Gasteiger partial charge in [0, 0.05) is 13.1 Å². The lowest BCUT2D eigenvalue weighted by molar-refractivity contribution is -0.132. The predicted molar refractivity (Wildman–Crippen MR) is 69.6 cm³/mol. The maximum atomic E-state index is 12.0. The molecule has 4 heteroatoms. The zero-order valence-corrected chi connectivity index (χ0v) is 11.6. The summed E-state index contributed by atoms with van der Waals surface area (Å²) in [6.45, 7) is 10.2. The molecule has 1 aliphatic rings. The van der Waals surface area contributed by atoms with E-state index < -0.39 is 0 Å². The van der Waals surface area contributed by atoms with Crippen LogP contribution in [0.1, 0.15) is 34.1 Å². The van der Waals surface area contributed by atoms with Crippen LogP contribution >= 0.6 is 12.4 Å². The predicted octanol–water partition coefficient (Wildman–Crippen LogP) is 1.90. The van der Waals surface area contributed by atoms with Gasteiger partial charge >= 0.3 is 0 Å². The molecule has 96 valence electrons. The molecule has 0 spiro atoms. The van der Waals surface area contributed by atoms with Crippen LogP contribution in [0.2, 0.25) is 0 Å². The lowest BCUT2D eigenvalue weighted by Gasteiger charge is -2.23. The van der Waals surface area contributed by atoms with Gasteiger partial charge in [0.05, 0.1) is 6.04 Å². The summed E-state index contributed by atoms with van der Waals surface area (Å²) in [6.07, 6.45) is 1.13. The van der Waals surface area contributed by atoms with E-state index >= 15 is 0 Å². The maximum absolute atomic E-state index is 12.0. The summed E-state index contributed by atoms with van der Waals surface area (Å²) in [6, 6.07) is -0.323. The molecular weight excluding hydrogens is 224 g/mol. The number of nitrogens with two attached hydrogens (primary N) is 1. The van der Waals surface area contributed by atoms with Gasteiger partial charge in [0.2, 0.25) is 5.91 Å². The maximum Gasteiger partial charge on any atom is 0.239 e. The summed E-state index contributed by atoms with van der Waals surface area (Å²) >= 11 is 0. The Labute approximate surface area is 105 Å². The number of hydrogen-bond donors (Lipinski definition) is 1. The first kappa shape index (κ1) is 15.7. The first-order valence-electron chi connectivity index (χ1n) is 5.97. The van der Waals surface area contributed by atoms with Gasteiger partial charge < -0.3 is 10.6 Å². The second-order valence-corrected chi connectivity index (χ2v) is 5.35. The van der Waals surface area contributed by atoms with Crippen LogP contribution in [-0.4, -0.2) is 29.9 Å². The molecule has 0 aromatic rings. The quantitative estimate of drug-likeness (QED) is 0.829. The Bertz CT molecular complexity index is 231. The molecule has 3 nitrogen and oxygen atoms in total. The number of amides is 1. The van der Waals surface area contributed by atoms with Gasteiger partial charge in [-0.25, -0.2) is 0 Å². The van der Waals surface area contributed by atoms with E-state index in [0.29, 0.717) is 11.8 Å². The largest absolute Gasteiger partial charge is 0.341 e. The number of carbonyl (C=O) groups is 1. The summed E-state index contributed by atoms with van der Waals surface area (Å²) in [5, 5.41) is 0. The fourth-order valence-corrected chi connectivity index (χ4v) is 2.03. The first-order chi connectivity index (χ1) is 6.93. The minimum absolute atomic E-state index is 0. The zero-order chi connectivity index (χ0) is 11.6. The highest BCUT2D eigenvalue weighted by atomic mass is 35.5. The highest BCUT2D eigenvalue weighted by Crippen LogP contribution is 2.24. The van der Waals surface area contributed by atoms with Gasteiger partial charge in [-0.05, 0) is 24.2 Å². The molecule has 1 heterocycles. The van der Waals surface area contributed by atoms with Crippen molar-refractivity contribution in [3.05, 3.63) is 0 Å². The fourth-order valence-electron chi connectivity index (χ4n) is 2.03. The second-order valence-electron chi connectivity index (χ2n) is 5.35. The van der Waals surface area contributed by atoms with Gasteiger partial charge in [-0.2, -0.15) is 0 Å². The molecule has 0 radical (unpaired) electrons. The topological polar surface area (TPSA) is 46.3 Å². The van der Waals surface area contributed by atoms with Crippen molar-refractivity contribution in [2.24, 2.45) is 23.5 Å². The van der Waals surface area contributed by atoms with Crippen molar-refractivity contribution in [2.75, 3.05) is 13.1 Å². The first-order valence-corrected chi connectivity index (χ1v) is 5.97. The Morgan fingerprint density at radius 1 is 1.31 bits per heavy atom. The van der Waals surface area contributed by atoms with E-state index in [9.17, 15) is 4.79 Å². The van der Waals surface area contributed by atoms with Crippen LogP contribution in [0.5, 0.6) is 0 Å². The Balaban J connectivity index is 0.00000225. The van der Waals surface area contributed by atoms with Crippen molar-refractivity contribution in [3.8, 4) is 0 Å². The summed E-state index contributed by atoms with van der Waals surface area (Å²) in [5.41, 5.74) is 5.87. The van der Waals surface area contributed by atoms with Gasteiger partial charge in [-0.3, -0.25) is 4.79 Å². The smallest absolute Gasteiger partial charge is 0.239 e. The summed E-state index contributed by atoms with van der Waals surface area (Å²) in [5.74, 6) is 1.69. The van der Waals surface area contributed by atoms with Crippen LogP contribution in [0.15, 0.2) is 0 Å². The number of rotatable bonds is 3. The summed E-state index contributed by atoms with van der Waals surface area (Å²) < 4.78 is 0. The molecule has 2 unspecified atom stereocenters. The van der Waals surface area contributed by atoms with Crippen LogP contribution in [0.25, 0.3) is 0 Å². The summed E-state index contributed by atoms with van der Waals surface area (Å²) in [4.78, 5) is 13.9. The average Bonchev–Trinajstić information content (AvgIpc) is 2.64. The van der Waals surface area contributed by atoms with Crippen molar-refractivity contribution in [1.29, 1.82) is 0 Å². The minimum atomic E-state index is -0.323. The van der Waals surface area contributed by atoms with Gasteiger partial charge in [-0.1, -0.05) is 27.7 Å². The SMILES string of the molecule is CC(C)C1CCN(C(=O)C(N)C(C)C)C1.Cl. The third-order valence-electron chi connectivity index (χ3n) is 3.48. The molecule has 0 bridgehead atoms. The van der Waals surface area contributed by atoms with Crippen LogP contribution in [0.3, 0.4) is 0 Å². The molecule has 1 fully saturated rings. The third kappa shape index (κ3) is 3.63. The minimum Gasteiger partial charge on any atom is -0.341 e. The number of likely N-dealkylation sites (tertiary alicyclic amines) is 1. The van der Waals surface area contributed by atoms with E-state index in [-0.39, 0.29) is 30.3 Å². The molecule has 1 aliphatic heterocycles. The van der Waals surface area contributed by atoms with Gasteiger partial charge in [-0.15, -0.1) is 12.4 Å². The van der Waals surface area contributed by atoms with E-state index in [1.165, 1.54) is 0 Å². The van der Waals surface area contributed by atoms with Gasteiger partial charge in [0.25, 0.3) is 0 Å². The molecule has 0 aromatic heterocycles. The number of hydrogen-bond acceptors (Lipinski definition) is 2. The molecule has 1 saturated heterocycles. The highest BCUT2D eigenvalue weighted by Gasteiger charge is 2.31. The number of halogens is 1. The molecule has 2 N–H and O–H groups in total. The molecule has 0 aromatic carbocycles.